The van der Waals surface area contributed by atoms with Gasteiger partial charge in [0.05, 0.1) is 12.0 Å². The molecule has 0 bridgehead atoms. The summed E-state index contributed by atoms with van der Waals surface area (Å²) >= 11 is 1.60. The fraction of sp³-hybridized carbons (Fsp3) is 0.0988. The third kappa shape index (κ3) is 12.7. The number of aryl methyl sites for hydroxylation is 3. The first-order chi connectivity index (χ1) is 44.4. The molecule has 17 rings (SSSR count). The number of fused-ring (bicyclic) bond motifs is 10. The van der Waals surface area contributed by atoms with Gasteiger partial charge in [0.25, 0.3) is 0 Å². The van der Waals surface area contributed by atoms with Crippen LogP contribution in [-0.4, -0.2) is 51.2 Å². The zero-order valence-corrected chi connectivity index (χ0v) is 51.4. The lowest BCUT2D eigenvalue weighted by atomic mass is 9.82. The van der Waals surface area contributed by atoms with Crippen molar-refractivity contribution in [2.45, 2.75) is 51.4 Å². The Labute approximate surface area is 536 Å². The zero-order chi connectivity index (χ0) is 64.9. The zero-order valence-electron chi connectivity index (χ0n) is 50.5. The van der Waals surface area contributed by atoms with Gasteiger partial charge in [0, 0.05) is 80.7 Å². The normalized spacial score (nSPS) is 15.2. The average Bonchev–Trinajstić information content (AvgIpc) is 1.33. The molecular formula is C81H61NO9S. The molecule has 0 saturated heterocycles. The third-order valence-electron chi connectivity index (χ3n) is 17.1. The number of hydrogen-bond donors (Lipinski definition) is 0. The largest absolute Gasteiger partial charge is 0.447 e. The molecule has 0 saturated carbocycles. The first-order valence-electron chi connectivity index (χ1n) is 29.9. The summed E-state index contributed by atoms with van der Waals surface area (Å²) in [7, 11) is 0. The van der Waals surface area contributed by atoms with Crippen LogP contribution in [0.25, 0.3) is 55.0 Å². The molecule has 0 aliphatic heterocycles. The predicted molar refractivity (Wildman–Crippen MR) is 366 cm³/mol. The quantitative estimate of drug-likeness (QED) is 0.0811. The number of allylic oxidation sites excluding steroid dienone is 6. The summed E-state index contributed by atoms with van der Waals surface area (Å²) in [6, 6.07) is 57.1. The summed E-state index contributed by atoms with van der Waals surface area (Å²) in [4.78, 5) is 95.9. The van der Waals surface area contributed by atoms with E-state index in [0.717, 1.165) is 74.2 Å². The molecule has 0 amide bonds. The Bertz CT molecular complexity index is 4620. The fourth-order valence-corrected chi connectivity index (χ4v) is 12.8. The second kappa shape index (κ2) is 26.8. The summed E-state index contributed by atoms with van der Waals surface area (Å²) in [6.07, 6.45) is 6.63. The summed E-state index contributed by atoms with van der Waals surface area (Å²) < 4.78 is 4.92. The number of ketones is 8. The van der Waals surface area contributed by atoms with Gasteiger partial charge in [0.15, 0.2) is 52.7 Å². The highest BCUT2D eigenvalue weighted by atomic mass is 32.1. The van der Waals surface area contributed by atoms with Gasteiger partial charge in [-0.3, -0.25) is 38.4 Å². The maximum Gasteiger partial charge on any atom is 0.197 e. The van der Waals surface area contributed by atoms with Crippen LogP contribution in [0.3, 0.4) is 0 Å². The van der Waals surface area contributed by atoms with Crippen LogP contribution in [-0.2, 0) is 56.1 Å². The summed E-state index contributed by atoms with van der Waals surface area (Å²) in [5.41, 5.74) is 17.2. The second-order valence-electron chi connectivity index (χ2n) is 22.7. The topological polar surface area (TPSA) is 163 Å². The molecule has 8 aromatic carbocycles. The molecule has 10 nitrogen and oxygen atoms in total. The number of Topliss-reactive ketones (excluding diaryl/α,β-unsaturated/α-hetero) is 7. The molecule has 0 spiro atoms. The molecule has 450 valence electrons. The highest BCUT2D eigenvalue weighted by Gasteiger charge is 2.31. The van der Waals surface area contributed by atoms with Crippen molar-refractivity contribution in [3.63, 3.8) is 0 Å². The lowest BCUT2D eigenvalue weighted by Gasteiger charge is -2.20. The Balaban J connectivity index is 0.000000112. The highest BCUT2D eigenvalue weighted by molar-refractivity contribution is 7.12. The SMILES string of the molecule is C=C1C(=O)CCc2cc3cc4ccccc4cc3cc21.C=C1C(=O)CCc2ccccc21.C=C1C(=O)CCc2ccccc21.C=C1C(=O)Cc2ccsc21.C=C1C(=O)Cc2ocnc21.C=C1C(=O)c2ccccc2C1=O.C=C1c2ccccc2C(=O)c2ccccc21. The molecule has 2 aromatic heterocycles. The Morgan fingerprint density at radius 3 is 1.22 bits per heavy atom. The van der Waals surface area contributed by atoms with E-state index in [-0.39, 0.29) is 51.8 Å². The highest BCUT2D eigenvalue weighted by Crippen LogP contribution is 2.37. The monoisotopic (exact) mass is 1220 g/mol. The van der Waals surface area contributed by atoms with E-state index in [1.807, 2.05) is 96.4 Å². The van der Waals surface area contributed by atoms with Gasteiger partial charge in [-0.15, -0.1) is 11.3 Å². The van der Waals surface area contributed by atoms with Crippen LogP contribution in [0.5, 0.6) is 0 Å². The van der Waals surface area contributed by atoms with Crippen molar-refractivity contribution in [1.29, 1.82) is 0 Å². The van der Waals surface area contributed by atoms with E-state index in [0.29, 0.717) is 82.6 Å². The van der Waals surface area contributed by atoms with Crippen LogP contribution in [0.15, 0.2) is 244 Å². The smallest absolute Gasteiger partial charge is 0.197 e. The molecule has 0 fully saturated rings. The van der Waals surface area contributed by atoms with E-state index in [2.05, 4.69) is 112 Å². The number of hydrogen-bond acceptors (Lipinski definition) is 11. The Morgan fingerprint density at radius 1 is 0.315 bits per heavy atom. The molecule has 92 heavy (non-hydrogen) atoms. The van der Waals surface area contributed by atoms with Crippen LogP contribution in [0, 0.1) is 0 Å². The first kappa shape index (κ1) is 62.3. The van der Waals surface area contributed by atoms with E-state index in [1.54, 1.807) is 35.6 Å². The van der Waals surface area contributed by atoms with Gasteiger partial charge in [0.1, 0.15) is 11.5 Å². The molecule has 0 radical (unpaired) electrons. The van der Waals surface area contributed by atoms with E-state index in [4.69, 9.17) is 4.42 Å². The lowest BCUT2D eigenvalue weighted by Crippen LogP contribution is -2.13. The van der Waals surface area contributed by atoms with E-state index in [9.17, 15) is 38.4 Å². The minimum atomic E-state index is -0.240. The van der Waals surface area contributed by atoms with Crippen molar-refractivity contribution >= 4 is 113 Å². The molecule has 7 aliphatic carbocycles. The first-order valence-corrected chi connectivity index (χ1v) is 30.8. The number of thiophene rings is 1. The number of carbonyl (C=O) groups excluding carboxylic acids is 8. The summed E-state index contributed by atoms with van der Waals surface area (Å²) in [5, 5.41) is 6.91. The molecule has 0 unspecified atom stereocenters. The Kier molecular flexibility index (Phi) is 18.2. The number of aromatic nitrogens is 1. The van der Waals surface area contributed by atoms with Crippen LogP contribution in [0.1, 0.15) is 122 Å². The lowest BCUT2D eigenvalue weighted by molar-refractivity contribution is -0.114. The van der Waals surface area contributed by atoms with Gasteiger partial charge < -0.3 is 4.42 Å². The Morgan fingerprint density at radius 2 is 0.728 bits per heavy atom. The van der Waals surface area contributed by atoms with E-state index < -0.39 is 0 Å². The number of rotatable bonds is 0. The van der Waals surface area contributed by atoms with Crippen molar-refractivity contribution in [3.8, 4) is 0 Å². The standard InChI is InChI=1S/C19H14O.C15H10O.2C11H10O.C10H6O2.C8H6OS.C7H5NO2/c1-12-18-11-17-9-14-5-3-2-4-13(14)8-16(17)10-15(18)6-7-19(12)20;1-10-11-6-2-4-8-13(11)15(16)14-9-5-3-7-12(10)14;2*1-8-10-5-3-2-4-9(10)6-7-11(8)12;1-6-9(11)7-4-2-3-5-8(7)10(6)12;1-5-7(9)4-6-2-3-10-8(5)6;1-4-5(9)2-6-7(4)8-3-10-6/h2-5,8-11H,1,6-7H2;2-9H,1H2;2*2-5H,1,6-7H2;2-5H,1H2;2-3H,1,4H2;3H,1-2H2. The minimum absolute atomic E-state index is 0.0156. The van der Waals surface area contributed by atoms with Crippen LogP contribution < -0.4 is 0 Å². The average molecular weight is 1220 g/mol. The molecule has 11 heteroatoms. The van der Waals surface area contributed by atoms with Crippen molar-refractivity contribution in [1.82, 2.24) is 4.98 Å². The third-order valence-corrected chi connectivity index (χ3v) is 18.1. The molecule has 2 heterocycles. The van der Waals surface area contributed by atoms with Crippen molar-refractivity contribution in [2.75, 3.05) is 0 Å². The second-order valence-corrected chi connectivity index (χ2v) is 23.6. The number of benzene rings is 8. The fourth-order valence-electron chi connectivity index (χ4n) is 11.9. The van der Waals surface area contributed by atoms with Gasteiger partial charge in [-0.1, -0.05) is 198 Å². The van der Waals surface area contributed by atoms with Gasteiger partial charge in [-0.2, -0.15) is 0 Å². The van der Waals surface area contributed by atoms with Crippen molar-refractivity contribution in [2.24, 2.45) is 0 Å². The Hall–Kier alpha value is -11.3. The van der Waals surface area contributed by atoms with Crippen LogP contribution in [0.4, 0.5) is 0 Å². The maximum atomic E-state index is 12.2. The number of oxazole rings is 1. The maximum absolute atomic E-state index is 12.2. The molecular weight excluding hydrogens is 1160 g/mol. The van der Waals surface area contributed by atoms with E-state index in [1.165, 1.54) is 44.6 Å². The number of carbonyl (C=O) groups is 8. The molecule has 0 N–H and O–H groups in total. The van der Waals surface area contributed by atoms with Gasteiger partial charge in [-0.25, -0.2) is 4.98 Å². The van der Waals surface area contributed by atoms with Gasteiger partial charge in [0.2, 0.25) is 0 Å². The molecule has 10 aromatic rings. The predicted octanol–water partition coefficient (Wildman–Crippen LogP) is 16.6. The van der Waals surface area contributed by atoms with Gasteiger partial charge >= 0.3 is 0 Å². The molecule has 0 atom stereocenters. The van der Waals surface area contributed by atoms with Crippen molar-refractivity contribution in [3.05, 3.63) is 328 Å². The summed E-state index contributed by atoms with van der Waals surface area (Å²) in [5.74, 6) is 1.02. The van der Waals surface area contributed by atoms with E-state index >= 15 is 0 Å². The van der Waals surface area contributed by atoms with Crippen LogP contribution in [0.2, 0.25) is 0 Å². The van der Waals surface area contributed by atoms with Crippen molar-refractivity contribution < 1.29 is 42.8 Å². The van der Waals surface area contributed by atoms with Gasteiger partial charge in [-0.05, 0) is 126 Å². The van der Waals surface area contributed by atoms with Crippen LogP contribution >= 0.6 is 11.3 Å². The minimum Gasteiger partial charge on any atom is -0.447 e. The molecule has 7 aliphatic rings. The number of nitrogens with zero attached hydrogens (tertiary/aromatic N) is 1. The summed E-state index contributed by atoms with van der Waals surface area (Å²) in [6.45, 7) is 26.3.